The van der Waals surface area contributed by atoms with Gasteiger partial charge >= 0.3 is 0 Å². The van der Waals surface area contributed by atoms with Crippen molar-refractivity contribution in [2.45, 2.75) is 0 Å². The van der Waals surface area contributed by atoms with Crippen LogP contribution in [0.1, 0.15) is 0 Å². The summed E-state index contributed by atoms with van der Waals surface area (Å²) in [4.78, 5) is 21.5. The van der Waals surface area contributed by atoms with E-state index in [-0.39, 0.29) is 18.1 Å². The number of carbonyl (C=O) groups is 2. The largest absolute Gasteiger partial charge is 0.391 e. The van der Waals surface area contributed by atoms with E-state index in [1.165, 1.54) is 0 Å². The predicted octanol–water partition coefficient (Wildman–Crippen LogP) is -1.09. The lowest BCUT2D eigenvalue weighted by Crippen LogP contribution is -2.37. The second-order valence-corrected chi connectivity index (χ2v) is 2.19. The third-order valence-electron chi connectivity index (χ3n) is 1.21. The average Bonchev–Trinajstić information content (AvgIpc) is 2.15. The number of hydrogen-bond donors (Lipinski definition) is 3. The lowest BCUT2D eigenvalue weighted by atomic mass is 10.3. The van der Waals surface area contributed by atoms with Crippen molar-refractivity contribution in [1.29, 1.82) is 0 Å². The van der Waals surface area contributed by atoms with Crippen molar-refractivity contribution in [2.75, 3.05) is 13.3 Å². The van der Waals surface area contributed by atoms with Crippen LogP contribution in [0.5, 0.6) is 0 Å². The van der Waals surface area contributed by atoms with Crippen LogP contribution in [0.3, 0.4) is 0 Å². The van der Waals surface area contributed by atoms with Crippen LogP contribution in [-0.2, 0) is 9.59 Å². The summed E-state index contributed by atoms with van der Waals surface area (Å²) in [6, 6.07) is 0. The highest BCUT2D eigenvalue weighted by Crippen LogP contribution is 1.84. The molecular formula is C8H12N2O3. The Morgan fingerprint density at radius 1 is 1.38 bits per heavy atom. The first-order valence-corrected chi connectivity index (χ1v) is 3.59. The first-order valence-electron chi connectivity index (χ1n) is 3.59. The van der Waals surface area contributed by atoms with E-state index < -0.39 is 12.5 Å². The molecule has 0 aliphatic heterocycles. The van der Waals surface area contributed by atoms with Gasteiger partial charge in [-0.2, -0.15) is 0 Å². The SMILES string of the molecule is C=CC(=O)NCNC(=O)C(=C)CO. The van der Waals surface area contributed by atoms with E-state index in [9.17, 15) is 9.59 Å². The number of rotatable bonds is 5. The zero-order valence-corrected chi connectivity index (χ0v) is 7.17. The Kier molecular flexibility index (Phi) is 5.22. The number of carbonyl (C=O) groups excluding carboxylic acids is 2. The van der Waals surface area contributed by atoms with Crippen LogP contribution in [0.2, 0.25) is 0 Å². The molecular weight excluding hydrogens is 172 g/mol. The van der Waals surface area contributed by atoms with E-state index in [0.29, 0.717) is 0 Å². The summed E-state index contributed by atoms with van der Waals surface area (Å²) >= 11 is 0. The Labute approximate surface area is 76.1 Å². The summed E-state index contributed by atoms with van der Waals surface area (Å²) in [7, 11) is 0. The Hall–Kier alpha value is -1.62. The molecule has 13 heavy (non-hydrogen) atoms. The molecule has 0 aromatic rings. The molecule has 0 rings (SSSR count). The normalized spacial score (nSPS) is 8.69. The van der Waals surface area contributed by atoms with Crippen LogP contribution in [0.25, 0.3) is 0 Å². The third-order valence-corrected chi connectivity index (χ3v) is 1.21. The van der Waals surface area contributed by atoms with Gasteiger partial charge in [0.25, 0.3) is 0 Å². The first-order chi connectivity index (χ1) is 6.11. The van der Waals surface area contributed by atoms with Gasteiger partial charge in [-0.3, -0.25) is 9.59 Å². The Morgan fingerprint density at radius 2 is 2.00 bits per heavy atom. The maximum atomic E-state index is 10.9. The highest BCUT2D eigenvalue weighted by Gasteiger charge is 2.03. The van der Waals surface area contributed by atoms with Gasteiger partial charge in [0.15, 0.2) is 0 Å². The Morgan fingerprint density at radius 3 is 2.46 bits per heavy atom. The van der Waals surface area contributed by atoms with Gasteiger partial charge < -0.3 is 15.7 Å². The molecule has 0 saturated heterocycles. The van der Waals surface area contributed by atoms with Crippen LogP contribution in [0.15, 0.2) is 24.8 Å². The number of amides is 2. The van der Waals surface area contributed by atoms with Crippen LogP contribution in [0.4, 0.5) is 0 Å². The van der Waals surface area contributed by atoms with Crippen molar-refractivity contribution in [3.63, 3.8) is 0 Å². The van der Waals surface area contributed by atoms with Crippen molar-refractivity contribution in [3.05, 3.63) is 24.8 Å². The summed E-state index contributed by atoms with van der Waals surface area (Å²) in [6.45, 7) is 6.11. The standard InChI is InChI=1S/C8H12N2O3/c1-3-7(12)9-5-10-8(13)6(2)4-11/h3,11H,1-2,4-5H2,(H,9,12)(H,10,13). The van der Waals surface area contributed by atoms with Gasteiger partial charge in [-0.25, -0.2) is 0 Å². The van der Waals surface area contributed by atoms with E-state index in [0.717, 1.165) is 6.08 Å². The lowest BCUT2D eigenvalue weighted by molar-refractivity contribution is -0.118. The highest BCUT2D eigenvalue weighted by molar-refractivity contribution is 5.93. The van der Waals surface area contributed by atoms with Gasteiger partial charge in [-0.1, -0.05) is 13.2 Å². The quantitative estimate of drug-likeness (QED) is 0.375. The van der Waals surface area contributed by atoms with Gasteiger partial charge in [-0.05, 0) is 6.08 Å². The van der Waals surface area contributed by atoms with Crippen LogP contribution < -0.4 is 10.6 Å². The van der Waals surface area contributed by atoms with Gasteiger partial charge in [-0.15, -0.1) is 0 Å². The van der Waals surface area contributed by atoms with E-state index >= 15 is 0 Å². The second-order valence-electron chi connectivity index (χ2n) is 2.19. The minimum atomic E-state index is -0.494. The number of nitrogens with one attached hydrogen (secondary N) is 2. The third kappa shape index (κ3) is 4.76. The molecule has 0 atom stereocenters. The first kappa shape index (κ1) is 11.4. The lowest BCUT2D eigenvalue weighted by Gasteiger charge is -2.05. The molecule has 0 aromatic carbocycles. The van der Waals surface area contributed by atoms with Crippen LogP contribution >= 0.6 is 0 Å². The monoisotopic (exact) mass is 184 g/mol. The maximum Gasteiger partial charge on any atom is 0.250 e. The Bertz CT molecular complexity index is 236. The minimum Gasteiger partial charge on any atom is -0.391 e. The molecule has 0 aromatic heterocycles. The van der Waals surface area contributed by atoms with Gasteiger partial charge in [0.1, 0.15) is 0 Å². The van der Waals surface area contributed by atoms with Crippen molar-refractivity contribution in [1.82, 2.24) is 10.6 Å². The molecule has 0 aliphatic carbocycles. The fourth-order valence-corrected chi connectivity index (χ4v) is 0.481. The average molecular weight is 184 g/mol. The van der Waals surface area contributed by atoms with Crippen LogP contribution in [-0.4, -0.2) is 30.2 Å². The zero-order valence-electron chi connectivity index (χ0n) is 7.17. The zero-order chi connectivity index (χ0) is 10.3. The van der Waals surface area contributed by atoms with E-state index in [2.05, 4.69) is 23.8 Å². The molecule has 0 bridgehead atoms. The van der Waals surface area contributed by atoms with E-state index in [1.54, 1.807) is 0 Å². The molecule has 0 spiro atoms. The molecule has 0 unspecified atom stereocenters. The van der Waals surface area contributed by atoms with Crippen molar-refractivity contribution < 1.29 is 14.7 Å². The van der Waals surface area contributed by atoms with Crippen molar-refractivity contribution in [3.8, 4) is 0 Å². The molecule has 0 aliphatic rings. The molecule has 2 amide bonds. The predicted molar refractivity (Wildman–Crippen MR) is 47.6 cm³/mol. The number of aliphatic hydroxyl groups excluding tert-OH is 1. The topological polar surface area (TPSA) is 78.4 Å². The molecule has 0 heterocycles. The van der Waals surface area contributed by atoms with Gasteiger partial charge in [0.2, 0.25) is 11.8 Å². The molecule has 3 N–H and O–H groups in total. The molecule has 0 saturated carbocycles. The van der Waals surface area contributed by atoms with Crippen molar-refractivity contribution in [2.24, 2.45) is 0 Å². The molecule has 5 heteroatoms. The molecule has 0 radical (unpaired) electrons. The number of hydrogen-bond acceptors (Lipinski definition) is 3. The summed E-state index contributed by atoms with van der Waals surface area (Å²) in [5, 5.41) is 13.1. The summed E-state index contributed by atoms with van der Waals surface area (Å²) in [5.41, 5.74) is 0.0489. The van der Waals surface area contributed by atoms with E-state index in [4.69, 9.17) is 5.11 Å². The number of aliphatic hydroxyl groups is 1. The fraction of sp³-hybridized carbons (Fsp3) is 0.250. The highest BCUT2D eigenvalue weighted by atomic mass is 16.3. The van der Waals surface area contributed by atoms with Gasteiger partial charge in [0.05, 0.1) is 13.3 Å². The maximum absolute atomic E-state index is 10.9. The summed E-state index contributed by atoms with van der Waals surface area (Å²) < 4.78 is 0. The Balaban J connectivity index is 3.65. The fourth-order valence-electron chi connectivity index (χ4n) is 0.481. The summed E-state index contributed by atoms with van der Waals surface area (Å²) in [6.07, 6.45) is 1.09. The molecule has 72 valence electrons. The van der Waals surface area contributed by atoms with E-state index in [1.807, 2.05) is 0 Å². The van der Waals surface area contributed by atoms with Gasteiger partial charge in [0, 0.05) is 5.57 Å². The van der Waals surface area contributed by atoms with Crippen LogP contribution in [0, 0.1) is 0 Å². The molecule has 0 fully saturated rings. The van der Waals surface area contributed by atoms with Crippen molar-refractivity contribution >= 4 is 11.8 Å². The molecule has 5 nitrogen and oxygen atoms in total. The smallest absolute Gasteiger partial charge is 0.250 e. The second kappa shape index (κ2) is 5.96. The summed E-state index contributed by atoms with van der Waals surface area (Å²) in [5.74, 6) is -0.873. The minimum absolute atomic E-state index is 0.0112.